The highest BCUT2D eigenvalue weighted by atomic mass is 79.9. The average Bonchev–Trinajstić information content (AvgIpc) is 3.10. The molecule has 2 heterocycles. The summed E-state index contributed by atoms with van der Waals surface area (Å²) in [6.45, 7) is -0.533. The molecule has 1 aliphatic heterocycles. The van der Waals surface area contributed by atoms with Crippen molar-refractivity contribution in [3.05, 3.63) is 55.7 Å². The standard InChI is InChI=1S/C15H8BrF2N3O3S/c16-8-3-11(25-6-8)14-20(5-12(22)21(14)24)15(23)13-9(17)1-7(4-19)2-10(13)18/h1-3,6,14,24H,5H2. The van der Waals surface area contributed by atoms with Gasteiger partial charge in [-0.3, -0.25) is 14.8 Å². The van der Waals surface area contributed by atoms with Crippen molar-refractivity contribution >= 4 is 39.1 Å². The van der Waals surface area contributed by atoms with Crippen molar-refractivity contribution in [2.45, 2.75) is 6.17 Å². The summed E-state index contributed by atoms with van der Waals surface area (Å²) in [5.74, 6) is -4.30. The highest BCUT2D eigenvalue weighted by molar-refractivity contribution is 9.10. The second kappa shape index (κ2) is 6.51. The molecule has 1 aliphatic rings. The number of carbonyl (C=O) groups excluding carboxylic acids is 2. The second-order valence-electron chi connectivity index (χ2n) is 5.14. The zero-order valence-electron chi connectivity index (χ0n) is 12.2. The Morgan fingerprint density at radius 2 is 2.00 bits per heavy atom. The molecule has 1 aromatic heterocycles. The van der Waals surface area contributed by atoms with E-state index in [1.54, 1.807) is 17.5 Å². The molecular weight excluding hydrogens is 420 g/mol. The van der Waals surface area contributed by atoms with Crippen LogP contribution in [0.1, 0.15) is 27.0 Å². The van der Waals surface area contributed by atoms with Crippen LogP contribution in [0, 0.1) is 23.0 Å². The number of benzene rings is 1. The number of nitriles is 1. The maximum atomic E-state index is 14.1. The van der Waals surface area contributed by atoms with Crippen LogP contribution in [0.15, 0.2) is 28.1 Å². The van der Waals surface area contributed by atoms with Crippen LogP contribution in [0.2, 0.25) is 0 Å². The van der Waals surface area contributed by atoms with E-state index in [-0.39, 0.29) is 5.56 Å². The Morgan fingerprint density at radius 3 is 2.52 bits per heavy atom. The van der Waals surface area contributed by atoms with E-state index in [4.69, 9.17) is 5.26 Å². The lowest BCUT2D eigenvalue weighted by atomic mass is 10.1. The summed E-state index contributed by atoms with van der Waals surface area (Å²) in [6, 6.07) is 4.65. The van der Waals surface area contributed by atoms with Crippen molar-refractivity contribution in [1.29, 1.82) is 5.26 Å². The second-order valence-corrected chi connectivity index (χ2v) is 7.00. The smallest absolute Gasteiger partial charge is 0.268 e. The number of halogens is 3. The first-order valence-electron chi connectivity index (χ1n) is 6.78. The summed E-state index contributed by atoms with van der Waals surface area (Å²) < 4.78 is 28.9. The molecule has 1 fully saturated rings. The number of hydroxylamine groups is 2. The summed E-state index contributed by atoms with van der Waals surface area (Å²) in [5.41, 5.74) is -1.16. The van der Waals surface area contributed by atoms with E-state index >= 15 is 0 Å². The van der Waals surface area contributed by atoms with Crippen LogP contribution in [-0.2, 0) is 4.79 Å². The largest absolute Gasteiger partial charge is 0.302 e. The third-order valence-corrected chi connectivity index (χ3v) is 5.31. The van der Waals surface area contributed by atoms with Gasteiger partial charge in [0, 0.05) is 9.85 Å². The van der Waals surface area contributed by atoms with Gasteiger partial charge in [0.05, 0.1) is 16.5 Å². The molecule has 0 radical (unpaired) electrons. The molecule has 0 spiro atoms. The normalized spacial score (nSPS) is 17.1. The van der Waals surface area contributed by atoms with Gasteiger partial charge in [0.1, 0.15) is 23.7 Å². The average molecular weight is 428 g/mol. The van der Waals surface area contributed by atoms with Gasteiger partial charge in [-0.15, -0.1) is 11.3 Å². The number of rotatable bonds is 2. The van der Waals surface area contributed by atoms with Crippen molar-refractivity contribution in [2.75, 3.05) is 6.54 Å². The minimum atomic E-state index is -1.21. The van der Waals surface area contributed by atoms with Crippen molar-refractivity contribution in [2.24, 2.45) is 0 Å². The minimum Gasteiger partial charge on any atom is -0.302 e. The molecule has 6 nitrogen and oxygen atoms in total. The topological polar surface area (TPSA) is 84.6 Å². The monoisotopic (exact) mass is 427 g/mol. The van der Waals surface area contributed by atoms with Crippen molar-refractivity contribution < 1.29 is 23.6 Å². The summed E-state index contributed by atoms with van der Waals surface area (Å²) in [4.78, 5) is 25.8. The van der Waals surface area contributed by atoms with Gasteiger partial charge >= 0.3 is 0 Å². The maximum Gasteiger partial charge on any atom is 0.268 e. The number of hydrogen-bond acceptors (Lipinski definition) is 5. The summed E-state index contributed by atoms with van der Waals surface area (Å²) in [6.07, 6.45) is -1.19. The molecule has 1 atom stereocenters. The Hall–Kier alpha value is -2.35. The molecule has 0 bridgehead atoms. The van der Waals surface area contributed by atoms with Crippen molar-refractivity contribution in [3.8, 4) is 6.07 Å². The SMILES string of the molecule is N#Cc1cc(F)c(C(=O)N2CC(=O)N(O)C2c2cc(Br)cs2)c(F)c1. The third-order valence-electron chi connectivity index (χ3n) is 3.58. The Balaban J connectivity index is 2.04. The Labute approximate surface area is 152 Å². The van der Waals surface area contributed by atoms with Crippen molar-refractivity contribution in [3.63, 3.8) is 0 Å². The fourth-order valence-corrected chi connectivity index (χ4v) is 4.02. The molecule has 0 saturated carbocycles. The number of amides is 2. The van der Waals surface area contributed by atoms with Gasteiger partial charge in [-0.05, 0) is 34.1 Å². The lowest BCUT2D eigenvalue weighted by Gasteiger charge is -2.25. The Bertz CT molecular complexity index is 904. The number of thiophene rings is 1. The number of nitrogens with zero attached hydrogens (tertiary/aromatic N) is 3. The lowest BCUT2D eigenvalue weighted by molar-refractivity contribution is -0.168. The summed E-state index contributed by atoms with van der Waals surface area (Å²) >= 11 is 4.38. The van der Waals surface area contributed by atoms with Gasteiger partial charge in [-0.2, -0.15) is 10.3 Å². The Kier molecular flexibility index (Phi) is 4.55. The van der Waals surface area contributed by atoms with Gasteiger partial charge in [0.2, 0.25) is 0 Å². The van der Waals surface area contributed by atoms with Crippen LogP contribution in [0.5, 0.6) is 0 Å². The lowest BCUT2D eigenvalue weighted by Crippen LogP contribution is -2.35. The first-order chi connectivity index (χ1) is 11.8. The molecule has 2 aromatic rings. The van der Waals surface area contributed by atoms with Crippen LogP contribution in [0.4, 0.5) is 8.78 Å². The van der Waals surface area contributed by atoms with E-state index in [1.807, 2.05) is 0 Å². The molecule has 3 rings (SSSR count). The summed E-state index contributed by atoms with van der Waals surface area (Å²) in [5, 5.41) is 20.7. The molecule has 0 aliphatic carbocycles. The molecule has 10 heteroatoms. The molecule has 128 valence electrons. The maximum absolute atomic E-state index is 14.1. The van der Waals surface area contributed by atoms with Crippen LogP contribution in [0.3, 0.4) is 0 Å². The van der Waals surface area contributed by atoms with E-state index in [9.17, 15) is 23.6 Å². The summed E-state index contributed by atoms with van der Waals surface area (Å²) in [7, 11) is 0. The molecule has 2 amide bonds. The highest BCUT2D eigenvalue weighted by Gasteiger charge is 2.43. The van der Waals surface area contributed by atoms with Gasteiger partial charge in [0.15, 0.2) is 6.17 Å². The van der Waals surface area contributed by atoms with E-state index in [1.165, 1.54) is 0 Å². The van der Waals surface area contributed by atoms with E-state index in [2.05, 4.69) is 15.9 Å². The fourth-order valence-electron chi connectivity index (χ4n) is 2.48. The molecule has 1 saturated heterocycles. The molecule has 1 aromatic carbocycles. The van der Waals surface area contributed by atoms with Gasteiger partial charge in [-0.1, -0.05) is 0 Å². The molecule has 1 unspecified atom stereocenters. The predicted octanol–water partition coefficient (Wildman–Crippen LogP) is 3.03. The predicted molar refractivity (Wildman–Crippen MR) is 85.5 cm³/mol. The minimum absolute atomic E-state index is 0.272. The van der Waals surface area contributed by atoms with Crippen molar-refractivity contribution in [1.82, 2.24) is 9.96 Å². The quantitative estimate of drug-likeness (QED) is 0.746. The van der Waals surface area contributed by atoms with Crippen LogP contribution in [0.25, 0.3) is 0 Å². The number of carbonyl (C=O) groups is 2. The van der Waals surface area contributed by atoms with Crippen LogP contribution < -0.4 is 0 Å². The van der Waals surface area contributed by atoms with E-state index in [0.717, 1.165) is 28.4 Å². The van der Waals surface area contributed by atoms with Crippen LogP contribution in [-0.4, -0.2) is 33.5 Å². The van der Waals surface area contributed by atoms with Gasteiger partial charge in [0.25, 0.3) is 11.8 Å². The van der Waals surface area contributed by atoms with Gasteiger partial charge < -0.3 is 4.90 Å². The van der Waals surface area contributed by atoms with Crippen LogP contribution >= 0.6 is 27.3 Å². The highest BCUT2D eigenvalue weighted by Crippen LogP contribution is 2.36. The van der Waals surface area contributed by atoms with Gasteiger partial charge in [-0.25, -0.2) is 8.78 Å². The third kappa shape index (κ3) is 3.02. The zero-order valence-corrected chi connectivity index (χ0v) is 14.6. The molecule has 1 N–H and O–H groups in total. The fraction of sp³-hybridized carbons (Fsp3) is 0.133. The Morgan fingerprint density at radius 1 is 1.36 bits per heavy atom. The first kappa shape index (κ1) is 17.5. The van der Waals surface area contributed by atoms with E-state index in [0.29, 0.717) is 14.4 Å². The van der Waals surface area contributed by atoms with E-state index < -0.39 is 41.7 Å². The first-order valence-corrected chi connectivity index (χ1v) is 8.45. The molecular formula is C15H8BrF2N3O3S. The zero-order chi connectivity index (χ0) is 18.3. The molecule has 25 heavy (non-hydrogen) atoms. The number of hydrogen-bond donors (Lipinski definition) is 1.